The topological polar surface area (TPSA) is 55.8 Å². The smallest absolute Gasteiger partial charge is 0.335 e. The first-order valence-electron chi connectivity index (χ1n) is 10.4. The average molecular weight is 381 g/mol. The highest BCUT2D eigenvalue weighted by Crippen LogP contribution is 2.66. The number of ether oxygens (including phenoxy) is 2. The molecule has 1 saturated heterocycles. The predicted molar refractivity (Wildman–Crippen MR) is 104 cm³/mol. The second-order valence-electron chi connectivity index (χ2n) is 8.59. The number of nitrogens with zero attached hydrogens (tertiary/aromatic N) is 1. The fourth-order valence-corrected chi connectivity index (χ4v) is 6.47. The number of likely N-dealkylation sites (tertiary alicyclic amines) is 1. The summed E-state index contributed by atoms with van der Waals surface area (Å²) >= 11 is 0. The molecule has 3 atom stereocenters. The number of hydrogen-bond acceptors (Lipinski definition) is 5. The number of rotatable bonds is 3. The Bertz CT molecular complexity index is 852. The maximum atomic E-state index is 13.0. The molecule has 1 saturated carbocycles. The van der Waals surface area contributed by atoms with Crippen LogP contribution in [0.4, 0.5) is 0 Å². The minimum absolute atomic E-state index is 0.0302. The highest BCUT2D eigenvalue weighted by molar-refractivity contribution is 6.00. The molecule has 4 aliphatic carbocycles. The summed E-state index contributed by atoms with van der Waals surface area (Å²) < 4.78 is 10.3. The van der Waals surface area contributed by atoms with Gasteiger partial charge in [-0.05, 0) is 55.5 Å². The van der Waals surface area contributed by atoms with Crippen molar-refractivity contribution in [3.05, 3.63) is 46.6 Å². The molecule has 5 aliphatic rings. The quantitative estimate of drug-likeness (QED) is 0.704. The molecule has 0 aromatic heterocycles. The van der Waals surface area contributed by atoms with E-state index in [1.54, 1.807) is 0 Å². The van der Waals surface area contributed by atoms with Gasteiger partial charge in [0.05, 0.1) is 25.7 Å². The third kappa shape index (κ3) is 2.17. The van der Waals surface area contributed by atoms with Gasteiger partial charge in [-0.1, -0.05) is 30.7 Å². The van der Waals surface area contributed by atoms with Crippen LogP contribution in [0.3, 0.4) is 0 Å². The van der Waals surface area contributed by atoms with Gasteiger partial charge in [0.15, 0.2) is 0 Å². The Morgan fingerprint density at radius 1 is 1.04 bits per heavy atom. The fraction of sp³-hybridized carbons (Fsp3) is 0.565. The van der Waals surface area contributed by atoms with Crippen molar-refractivity contribution in [3.63, 3.8) is 0 Å². The fourth-order valence-electron chi connectivity index (χ4n) is 6.47. The van der Waals surface area contributed by atoms with Gasteiger partial charge in [0.25, 0.3) is 0 Å². The molecule has 0 bridgehead atoms. The lowest BCUT2D eigenvalue weighted by atomic mass is 9.59. The zero-order chi connectivity index (χ0) is 19.5. The van der Waals surface area contributed by atoms with Crippen LogP contribution in [-0.4, -0.2) is 50.2 Å². The van der Waals surface area contributed by atoms with E-state index in [0.717, 1.165) is 31.5 Å². The van der Waals surface area contributed by atoms with Crippen molar-refractivity contribution < 1.29 is 19.1 Å². The van der Waals surface area contributed by atoms with Crippen molar-refractivity contribution in [2.45, 2.75) is 38.1 Å². The molecule has 1 heterocycles. The first-order valence-corrected chi connectivity index (χ1v) is 10.4. The van der Waals surface area contributed by atoms with E-state index >= 15 is 0 Å². The summed E-state index contributed by atoms with van der Waals surface area (Å²) in [7, 11) is 2.80. The van der Waals surface area contributed by atoms with E-state index in [9.17, 15) is 9.59 Å². The van der Waals surface area contributed by atoms with Crippen LogP contribution in [0.5, 0.6) is 0 Å². The van der Waals surface area contributed by atoms with Crippen LogP contribution < -0.4 is 0 Å². The molecule has 0 aromatic rings. The van der Waals surface area contributed by atoms with Gasteiger partial charge in [0.2, 0.25) is 0 Å². The standard InChI is InChI=1S/C23H27NO4/c1-27-21(25)17-14-8-3-4-9-15-16(14)18(19(17)22(26)28-2)20(23(15)10-7-11-23)24-12-5-6-13-24/h3-4,8-9,18-20H,5-7,10-13H2,1-2H3. The van der Waals surface area contributed by atoms with Crippen molar-refractivity contribution in [3.8, 4) is 0 Å². The van der Waals surface area contributed by atoms with Gasteiger partial charge in [-0.15, -0.1) is 0 Å². The van der Waals surface area contributed by atoms with Crippen LogP contribution in [-0.2, 0) is 19.1 Å². The van der Waals surface area contributed by atoms with Crippen LogP contribution in [0.1, 0.15) is 32.1 Å². The SMILES string of the molecule is COC(=O)C1=C2C=CC=CC3=C2C(C1C(=O)OC)C(N1CCCC1)C31CCC1. The molecular formula is C23H27NO4. The van der Waals surface area contributed by atoms with E-state index in [-0.39, 0.29) is 23.3 Å². The Kier molecular flexibility index (Phi) is 4.13. The van der Waals surface area contributed by atoms with Crippen molar-refractivity contribution in [1.82, 2.24) is 4.90 Å². The Labute approximate surface area is 165 Å². The Hall–Kier alpha value is -2.14. The zero-order valence-corrected chi connectivity index (χ0v) is 16.6. The summed E-state index contributed by atoms with van der Waals surface area (Å²) in [5.74, 6) is -1.35. The number of carbonyl (C=O) groups is 2. The summed E-state index contributed by atoms with van der Waals surface area (Å²) in [6, 6.07) is 0.256. The molecule has 0 amide bonds. The molecule has 5 nitrogen and oxygen atoms in total. The van der Waals surface area contributed by atoms with E-state index in [0.29, 0.717) is 5.57 Å². The van der Waals surface area contributed by atoms with Crippen LogP contribution in [0.15, 0.2) is 46.6 Å². The maximum Gasteiger partial charge on any atom is 0.335 e. The molecule has 3 unspecified atom stereocenters. The molecule has 0 radical (unpaired) electrons. The van der Waals surface area contributed by atoms with Gasteiger partial charge >= 0.3 is 11.9 Å². The van der Waals surface area contributed by atoms with E-state index < -0.39 is 11.9 Å². The highest BCUT2D eigenvalue weighted by Gasteiger charge is 2.64. The summed E-state index contributed by atoms with van der Waals surface area (Å²) in [6.07, 6.45) is 14.2. The molecule has 148 valence electrons. The van der Waals surface area contributed by atoms with Crippen molar-refractivity contribution in [1.29, 1.82) is 0 Å². The lowest BCUT2D eigenvalue weighted by Crippen LogP contribution is -2.53. The Morgan fingerprint density at radius 3 is 2.36 bits per heavy atom. The summed E-state index contributed by atoms with van der Waals surface area (Å²) in [5, 5.41) is 0. The number of carbonyl (C=O) groups excluding carboxylic acids is 2. The Morgan fingerprint density at radius 2 is 1.75 bits per heavy atom. The second kappa shape index (κ2) is 6.45. The summed E-state index contributed by atoms with van der Waals surface area (Å²) in [6.45, 7) is 2.14. The highest BCUT2D eigenvalue weighted by atomic mass is 16.5. The minimum atomic E-state index is -0.584. The molecule has 0 aromatic carbocycles. The molecule has 5 heteroatoms. The number of allylic oxidation sites excluding steroid dienone is 5. The van der Waals surface area contributed by atoms with E-state index in [1.807, 2.05) is 12.2 Å². The monoisotopic (exact) mass is 381 g/mol. The largest absolute Gasteiger partial charge is 0.469 e. The van der Waals surface area contributed by atoms with Gasteiger partial charge in [0.1, 0.15) is 0 Å². The van der Waals surface area contributed by atoms with Crippen LogP contribution in [0.2, 0.25) is 0 Å². The van der Waals surface area contributed by atoms with Gasteiger partial charge in [-0.2, -0.15) is 0 Å². The third-order valence-electron chi connectivity index (χ3n) is 7.59. The van der Waals surface area contributed by atoms with Gasteiger partial charge in [0, 0.05) is 17.4 Å². The van der Waals surface area contributed by atoms with Crippen LogP contribution >= 0.6 is 0 Å². The molecule has 0 N–H and O–H groups in total. The van der Waals surface area contributed by atoms with Gasteiger partial charge in [-0.25, -0.2) is 4.79 Å². The van der Waals surface area contributed by atoms with E-state index in [4.69, 9.17) is 9.47 Å². The van der Waals surface area contributed by atoms with Crippen molar-refractivity contribution >= 4 is 11.9 Å². The molecule has 1 aliphatic heterocycles. The zero-order valence-electron chi connectivity index (χ0n) is 16.6. The van der Waals surface area contributed by atoms with E-state index in [2.05, 4.69) is 17.1 Å². The van der Waals surface area contributed by atoms with E-state index in [1.165, 1.54) is 44.6 Å². The molecule has 5 rings (SSSR count). The average Bonchev–Trinajstić information content (AvgIpc) is 3.33. The van der Waals surface area contributed by atoms with Crippen molar-refractivity contribution in [2.75, 3.05) is 27.3 Å². The Balaban J connectivity index is 1.74. The summed E-state index contributed by atoms with van der Waals surface area (Å²) in [4.78, 5) is 28.4. The molecular weight excluding hydrogens is 354 g/mol. The molecule has 2 fully saturated rings. The third-order valence-corrected chi connectivity index (χ3v) is 7.59. The predicted octanol–water partition coefficient (Wildman–Crippen LogP) is 2.95. The lowest BCUT2D eigenvalue weighted by Gasteiger charge is -2.50. The summed E-state index contributed by atoms with van der Waals surface area (Å²) in [5.41, 5.74) is 4.00. The van der Waals surface area contributed by atoms with Gasteiger partial charge < -0.3 is 9.47 Å². The first kappa shape index (κ1) is 17.9. The maximum absolute atomic E-state index is 13.0. The minimum Gasteiger partial charge on any atom is -0.469 e. The number of hydrogen-bond donors (Lipinski definition) is 0. The first-order chi connectivity index (χ1) is 13.6. The van der Waals surface area contributed by atoms with Gasteiger partial charge in [-0.3, -0.25) is 9.69 Å². The lowest BCUT2D eigenvalue weighted by molar-refractivity contribution is -0.149. The van der Waals surface area contributed by atoms with Crippen molar-refractivity contribution in [2.24, 2.45) is 17.3 Å². The molecule has 1 spiro atoms. The molecule has 28 heavy (non-hydrogen) atoms. The second-order valence-corrected chi connectivity index (χ2v) is 8.59. The van der Waals surface area contributed by atoms with Crippen LogP contribution in [0.25, 0.3) is 0 Å². The normalized spacial score (nSPS) is 32.6. The number of esters is 2. The number of fused-ring (bicyclic) bond motifs is 1. The van der Waals surface area contributed by atoms with Crippen LogP contribution in [0, 0.1) is 17.3 Å². The number of methoxy groups -OCH3 is 2.